The maximum Gasteiger partial charge on any atom is 0.122 e. The van der Waals surface area contributed by atoms with Crippen molar-refractivity contribution in [1.82, 2.24) is 5.32 Å². The van der Waals surface area contributed by atoms with Crippen molar-refractivity contribution in [3.8, 4) is 5.75 Å². The van der Waals surface area contributed by atoms with Crippen LogP contribution in [0.1, 0.15) is 50.0 Å². The fourth-order valence-corrected chi connectivity index (χ4v) is 4.48. The summed E-state index contributed by atoms with van der Waals surface area (Å²) in [6, 6.07) is 9.40. The lowest BCUT2D eigenvalue weighted by Gasteiger charge is -2.40. The molecule has 3 unspecified atom stereocenters. The van der Waals surface area contributed by atoms with Crippen molar-refractivity contribution in [1.29, 1.82) is 0 Å². The average molecular weight is 273 g/mol. The predicted molar refractivity (Wildman–Crippen MR) is 78.0 cm³/mol. The highest BCUT2D eigenvalue weighted by molar-refractivity contribution is 5.38. The zero-order valence-electron chi connectivity index (χ0n) is 11.8. The van der Waals surface area contributed by atoms with Crippen molar-refractivity contribution in [2.45, 2.75) is 62.1 Å². The molecule has 3 aliphatic heterocycles. The monoisotopic (exact) mass is 273 g/mol. The number of benzene rings is 1. The molecule has 3 heterocycles. The molecule has 1 aromatic rings. The van der Waals surface area contributed by atoms with Gasteiger partial charge in [-0.3, -0.25) is 0 Å². The Morgan fingerprint density at radius 3 is 2.70 bits per heavy atom. The van der Waals surface area contributed by atoms with E-state index in [0.717, 1.165) is 38.0 Å². The largest absolute Gasteiger partial charge is 0.493 e. The number of rotatable bonds is 2. The Balaban J connectivity index is 1.55. The van der Waals surface area contributed by atoms with Crippen molar-refractivity contribution >= 4 is 0 Å². The van der Waals surface area contributed by atoms with Crippen LogP contribution in [0.2, 0.25) is 0 Å². The van der Waals surface area contributed by atoms with Crippen LogP contribution in [0.4, 0.5) is 0 Å². The van der Waals surface area contributed by atoms with Gasteiger partial charge in [0, 0.05) is 12.1 Å². The second-order valence-corrected chi connectivity index (χ2v) is 6.85. The van der Waals surface area contributed by atoms with Crippen molar-refractivity contribution in [3.05, 3.63) is 29.8 Å². The highest BCUT2D eigenvalue weighted by Crippen LogP contribution is 2.43. The number of piperidine rings is 1. The van der Waals surface area contributed by atoms with Crippen LogP contribution in [0, 0.1) is 0 Å². The van der Waals surface area contributed by atoms with Gasteiger partial charge in [-0.05, 0) is 56.1 Å². The van der Waals surface area contributed by atoms with Gasteiger partial charge < -0.3 is 15.2 Å². The lowest BCUT2D eigenvalue weighted by Crippen LogP contribution is -2.49. The molecule has 1 aromatic carbocycles. The molecule has 0 saturated carbocycles. The van der Waals surface area contributed by atoms with Gasteiger partial charge in [0.1, 0.15) is 5.75 Å². The molecule has 108 valence electrons. The number of ether oxygens (including phenoxy) is 1. The summed E-state index contributed by atoms with van der Waals surface area (Å²) in [5.74, 6) is 1.46. The number of para-hydroxylation sites is 1. The van der Waals surface area contributed by atoms with E-state index in [1.165, 1.54) is 18.4 Å². The van der Waals surface area contributed by atoms with E-state index in [2.05, 4.69) is 23.5 Å². The minimum Gasteiger partial charge on any atom is -0.493 e. The summed E-state index contributed by atoms with van der Waals surface area (Å²) in [5.41, 5.74) is 0.810. The van der Waals surface area contributed by atoms with Crippen LogP contribution < -0.4 is 10.1 Å². The average Bonchev–Trinajstić information content (AvgIpc) is 2.79. The number of aliphatic hydroxyl groups is 1. The fourth-order valence-electron chi connectivity index (χ4n) is 4.48. The van der Waals surface area contributed by atoms with E-state index in [9.17, 15) is 5.11 Å². The molecule has 4 rings (SSSR count). The standard InChI is InChI=1S/C17H23NO2/c19-17(10-13-5-6-14(11-17)18-13)9-12-7-8-20-16-4-2-1-3-15(12)16/h1-4,12-14,18-19H,5-11H2. The number of nitrogens with one attached hydrogen (secondary N) is 1. The molecule has 2 saturated heterocycles. The molecule has 3 aliphatic rings. The Morgan fingerprint density at radius 1 is 1.15 bits per heavy atom. The van der Waals surface area contributed by atoms with Crippen LogP contribution in [0.3, 0.4) is 0 Å². The minimum absolute atomic E-state index is 0.447. The van der Waals surface area contributed by atoms with E-state index in [1.807, 2.05) is 6.07 Å². The SMILES string of the molecule is OC1(CC2CCOc3ccccc32)CC2CCC(C1)N2. The van der Waals surface area contributed by atoms with E-state index >= 15 is 0 Å². The van der Waals surface area contributed by atoms with Crippen LogP contribution in [0.15, 0.2) is 24.3 Å². The molecule has 0 aromatic heterocycles. The highest BCUT2D eigenvalue weighted by atomic mass is 16.5. The van der Waals surface area contributed by atoms with Gasteiger partial charge in [-0.15, -0.1) is 0 Å². The maximum atomic E-state index is 11.0. The lowest BCUT2D eigenvalue weighted by atomic mass is 9.76. The topological polar surface area (TPSA) is 41.5 Å². The van der Waals surface area contributed by atoms with E-state index in [4.69, 9.17) is 4.74 Å². The summed E-state index contributed by atoms with van der Waals surface area (Å²) in [7, 11) is 0. The van der Waals surface area contributed by atoms with Crippen LogP contribution in [0.25, 0.3) is 0 Å². The first kappa shape index (κ1) is 12.7. The van der Waals surface area contributed by atoms with Gasteiger partial charge in [0.05, 0.1) is 12.2 Å². The summed E-state index contributed by atoms with van der Waals surface area (Å²) >= 11 is 0. The molecule has 3 heteroatoms. The smallest absolute Gasteiger partial charge is 0.122 e. The predicted octanol–water partition coefficient (Wildman–Crippen LogP) is 2.59. The Hall–Kier alpha value is -1.06. The third kappa shape index (κ3) is 2.23. The van der Waals surface area contributed by atoms with E-state index in [0.29, 0.717) is 18.0 Å². The van der Waals surface area contributed by atoms with Gasteiger partial charge in [0.25, 0.3) is 0 Å². The second-order valence-electron chi connectivity index (χ2n) is 6.85. The molecular weight excluding hydrogens is 250 g/mol. The Kier molecular flexibility index (Phi) is 3.00. The van der Waals surface area contributed by atoms with Crippen LogP contribution in [-0.4, -0.2) is 29.4 Å². The van der Waals surface area contributed by atoms with Gasteiger partial charge >= 0.3 is 0 Å². The molecule has 2 N–H and O–H groups in total. The summed E-state index contributed by atoms with van der Waals surface area (Å²) in [6.07, 6.45) is 6.23. The van der Waals surface area contributed by atoms with Crippen molar-refractivity contribution in [2.75, 3.05) is 6.61 Å². The zero-order chi connectivity index (χ0) is 13.6. The van der Waals surface area contributed by atoms with E-state index in [-0.39, 0.29) is 0 Å². The zero-order valence-corrected chi connectivity index (χ0v) is 11.8. The molecule has 0 radical (unpaired) electrons. The van der Waals surface area contributed by atoms with Gasteiger partial charge in [-0.25, -0.2) is 0 Å². The highest BCUT2D eigenvalue weighted by Gasteiger charge is 2.44. The normalized spacial score (nSPS) is 39.1. The van der Waals surface area contributed by atoms with Crippen molar-refractivity contribution in [3.63, 3.8) is 0 Å². The molecule has 3 atom stereocenters. The molecule has 0 spiro atoms. The molecule has 0 aliphatic carbocycles. The van der Waals surface area contributed by atoms with Gasteiger partial charge in [-0.2, -0.15) is 0 Å². The minimum atomic E-state index is -0.480. The first-order valence-corrected chi connectivity index (χ1v) is 7.92. The number of hydrogen-bond acceptors (Lipinski definition) is 3. The lowest BCUT2D eigenvalue weighted by molar-refractivity contribution is -0.0223. The van der Waals surface area contributed by atoms with Gasteiger partial charge in [0.15, 0.2) is 0 Å². The van der Waals surface area contributed by atoms with Crippen LogP contribution in [-0.2, 0) is 0 Å². The first-order valence-electron chi connectivity index (χ1n) is 7.92. The molecule has 3 nitrogen and oxygen atoms in total. The van der Waals surface area contributed by atoms with E-state index < -0.39 is 5.60 Å². The molecule has 2 fully saturated rings. The first-order chi connectivity index (χ1) is 9.72. The van der Waals surface area contributed by atoms with Crippen molar-refractivity contribution < 1.29 is 9.84 Å². The molecule has 2 bridgehead atoms. The van der Waals surface area contributed by atoms with Gasteiger partial charge in [0.2, 0.25) is 0 Å². The molecular formula is C17H23NO2. The summed E-state index contributed by atoms with van der Waals surface area (Å²) < 4.78 is 5.74. The third-order valence-corrected chi connectivity index (χ3v) is 5.30. The summed E-state index contributed by atoms with van der Waals surface area (Å²) in [5, 5.41) is 14.7. The quantitative estimate of drug-likeness (QED) is 0.870. The Bertz CT molecular complexity index is 490. The summed E-state index contributed by atoms with van der Waals surface area (Å²) in [6.45, 7) is 0.781. The van der Waals surface area contributed by atoms with E-state index in [1.54, 1.807) is 0 Å². The maximum absolute atomic E-state index is 11.0. The Labute approximate surface area is 120 Å². The molecule has 0 amide bonds. The number of fused-ring (bicyclic) bond motifs is 3. The van der Waals surface area contributed by atoms with Crippen LogP contribution >= 0.6 is 0 Å². The third-order valence-electron chi connectivity index (χ3n) is 5.30. The Morgan fingerprint density at radius 2 is 1.90 bits per heavy atom. The summed E-state index contributed by atoms with van der Waals surface area (Å²) in [4.78, 5) is 0. The fraction of sp³-hybridized carbons (Fsp3) is 0.647. The second kappa shape index (κ2) is 4.74. The number of hydrogen-bond donors (Lipinski definition) is 2. The molecule has 20 heavy (non-hydrogen) atoms. The van der Waals surface area contributed by atoms with Gasteiger partial charge in [-0.1, -0.05) is 18.2 Å². The van der Waals surface area contributed by atoms with Crippen LogP contribution in [0.5, 0.6) is 5.75 Å². The van der Waals surface area contributed by atoms with Crippen molar-refractivity contribution in [2.24, 2.45) is 0 Å².